The highest BCUT2D eigenvalue weighted by Crippen LogP contribution is 2.39. The average molecular weight is 423 g/mol. The standard InChI is InChI=1S/C31H22N2/c1-3-24-25(4-2)30-22(19-18-21-12-8-9-15-26(21)30)20-27(24)31-32-28-16-10-11-17-29(28)33(31)23-13-6-5-7-14-23/h3-20H,1-2H2. The molecule has 1 heterocycles. The fourth-order valence-corrected chi connectivity index (χ4v) is 4.88. The highest BCUT2D eigenvalue weighted by atomic mass is 15.1. The molecule has 0 bridgehead atoms. The molecule has 33 heavy (non-hydrogen) atoms. The van der Waals surface area contributed by atoms with Gasteiger partial charge < -0.3 is 0 Å². The summed E-state index contributed by atoms with van der Waals surface area (Å²) in [6, 6.07) is 33.8. The van der Waals surface area contributed by atoms with E-state index in [9.17, 15) is 0 Å². The molecule has 0 aliphatic heterocycles. The molecule has 0 spiro atoms. The smallest absolute Gasteiger partial charge is 0.146 e. The van der Waals surface area contributed by atoms with Crippen LogP contribution in [-0.2, 0) is 0 Å². The van der Waals surface area contributed by atoms with Crippen molar-refractivity contribution in [3.05, 3.63) is 121 Å². The normalized spacial score (nSPS) is 11.3. The van der Waals surface area contributed by atoms with Gasteiger partial charge in [-0.25, -0.2) is 4.98 Å². The van der Waals surface area contributed by atoms with E-state index >= 15 is 0 Å². The highest BCUT2D eigenvalue weighted by molar-refractivity contribution is 6.14. The van der Waals surface area contributed by atoms with E-state index in [0.29, 0.717) is 0 Å². The second kappa shape index (κ2) is 7.61. The summed E-state index contributed by atoms with van der Waals surface area (Å²) >= 11 is 0. The summed E-state index contributed by atoms with van der Waals surface area (Å²) in [5, 5.41) is 4.79. The van der Waals surface area contributed by atoms with Crippen LogP contribution < -0.4 is 0 Å². The number of para-hydroxylation sites is 3. The molecule has 0 aliphatic carbocycles. The van der Waals surface area contributed by atoms with Gasteiger partial charge in [0, 0.05) is 11.3 Å². The third-order valence-corrected chi connectivity index (χ3v) is 6.34. The van der Waals surface area contributed by atoms with Gasteiger partial charge in [0.2, 0.25) is 0 Å². The van der Waals surface area contributed by atoms with Crippen molar-refractivity contribution in [3.8, 4) is 17.1 Å². The molecule has 5 aromatic carbocycles. The lowest BCUT2D eigenvalue weighted by Gasteiger charge is -2.17. The lowest BCUT2D eigenvalue weighted by atomic mass is 9.90. The van der Waals surface area contributed by atoms with E-state index < -0.39 is 0 Å². The van der Waals surface area contributed by atoms with E-state index in [4.69, 9.17) is 4.98 Å². The first-order valence-corrected chi connectivity index (χ1v) is 11.1. The van der Waals surface area contributed by atoms with Crippen LogP contribution >= 0.6 is 0 Å². The monoisotopic (exact) mass is 422 g/mol. The van der Waals surface area contributed by atoms with Crippen molar-refractivity contribution in [2.75, 3.05) is 0 Å². The summed E-state index contributed by atoms with van der Waals surface area (Å²) in [6.07, 6.45) is 3.88. The largest absolute Gasteiger partial charge is 0.292 e. The molecule has 0 saturated heterocycles. The van der Waals surface area contributed by atoms with E-state index in [-0.39, 0.29) is 0 Å². The van der Waals surface area contributed by atoms with Crippen LogP contribution in [-0.4, -0.2) is 9.55 Å². The number of aromatic nitrogens is 2. The first kappa shape index (κ1) is 19.3. The van der Waals surface area contributed by atoms with Gasteiger partial charge in [0.05, 0.1) is 11.0 Å². The molecule has 0 saturated carbocycles. The number of hydrogen-bond donors (Lipinski definition) is 0. The van der Waals surface area contributed by atoms with Gasteiger partial charge in [0.25, 0.3) is 0 Å². The second-order valence-electron chi connectivity index (χ2n) is 8.14. The zero-order valence-corrected chi connectivity index (χ0v) is 18.2. The van der Waals surface area contributed by atoms with Crippen molar-refractivity contribution in [2.45, 2.75) is 0 Å². The van der Waals surface area contributed by atoms with Crippen molar-refractivity contribution >= 4 is 44.7 Å². The van der Waals surface area contributed by atoms with Gasteiger partial charge >= 0.3 is 0 Å². The van der Waals surface area contributed by atoms with Crippen LogP contribution in [0.1, 0.15) is 11.1 Å². The first-order valence-electron chi connectivity index (χ1n) is 11.1. The molecule has 0 amide bonds. The highest BCUT2D eigenvalue weighted by Gasteiger charge is 2.19. The Morgan fingerprint density at radius 2 is 1.36 bits per heavy atom. The van der Waals surface area contributed by atoms with Gasteiger partial charge in [0.1, 0.15) is 5.82 Å². The Hall–Kier alpha value is -4.43. The van der Waals surface area contributed by atoms with Gasteiger partial charge in [-0.3, -0.25) is 4.57 Å². The van der Waals surface area contributed by atoms with Crippen LogP contribution in [0.3, 0.4) is 0 Å². The van der Waals surface area contributed by atoms with Crippen molar-refractivity contribution in [1.82, 2.24) is 9.55 Å². The fraction of sp³-hybridized carbons (Fsp3) is 0. The Morgan fingerprint density at radius 1 is 0.667 bits per heavy atom. The summed E-state index contributed by atoms with van der Waals surface area (Å²) < 4.78 is 2.23. The van der Waals surface area contributed by atoms with Gasteiger partial charge in [0.15, 0.2) is 0 Å². The SMILES string of the molecule is C=Cc1c(-c2nc3ccccc3n2-c2ccccc2)cc2ccc3ccccc3c2c1C=C. The maximum atomic E-state index is 5.09. The molecular weight excluding hydrogens is 400 g/mol. The summed E-state index contributed by atoms with van der Waals surface area (Å²) in [5.41, 5.74) is 6.29. The number of nitrogens with zero attached hydrogens (tertiary/aromatic N) is 2. The quantitative estimate of drug-likeness (QED) is 0.261. The Bertz CT molecular complexity index is 1690. The van der Waals surface area contributed by atoms with E-state index in [2.05, 4.69) is 103 Å². The number of benzene rings is 5. The molecule has 0 fully saturated rings. The van der Waals surface area contributed by atoms with E-state index in [1.165, 1.54) is 16.2 Å². The van der Waals surface area contributed by atoms with Crippen LogP contribution in [0.2, 0.25) is 0 Å². The molecule has 0 N–H and O–H groups in total. The molecule has 0 unspecified atom stereocenters. The van der Waals surface area contributed by atoms with Crippen LogP contribution in [0, 0.1) is 0 Å². The Labute approximate surface area is 192 Å². The van der Waals surface area contributed by atoms with Crippen molar-refractivity contribution in [3.63, 3.8) is 0 Å². The first-order chi connectivity index (χ1) is 16.3. The predicted molar refractivity (Wildman–Crippen MR) is 142 cm³/mol. The molecule has 6 rings (SSSR count). The molecule has 0 aliphatic rings. The topological polar surface area (TPSA) is 17.8 Å². The van der Waals surface area contributed by atoms with Gasteiger partial charge in [-0.2, -0.15) is 0 Å². The number of hydrogen-bond acceptors (Lipinski definition) is 1. The third kappa shape index (κ3) is 2.92. The lowest BCUT2D eigenvalue weighted by Crippen LogP contribution is -2.00. The van der Waals surface area contributed by atoms with Crippen LogP contribution in [0.25, 0.3) is 61.8 Å². The summed E-state index contributed by atoms with van der Waals surface area (Å²) in [4.78, 5) is 5.09. The zero-order chi connectivity index (χ0) is 22.4. The maximum absolute atomic E-state index is 5.09. The minimum Gasteiger partial charge on any atom is -0.292 e. The number of rotatable bonds is 4. The van der Waals surface area contributed by atoms with E-state index in [1.54, 1.807) is 0 Å². The lowest BCUT2D eigenvalue weighted by molar-refractivity contribution is 1.10. The molecule has 6 aromatic rings. The molecule has 1 aromatic heterocycles. The Morgan fingerprint density at radius 3 is 2.18 bits per heavy atom. The summed E-state index contributed by atoms with van der Waals surface area (Å²) in [5.74, 6) is 0.899. The van der Waals surface area contributed by atoms with E-state index in [0.717, 1.165) is 44.6 Å². The fourth-order valence-electron chi connectivity index (χ4n) is 4.88. The maximum Gasteiger partial charge on any atom is 0.146 e. The van der Waals surface area contributed by atoms with Crippen LogP contribution in [0.5, 0.6) is 0 Å². The Balaban J connectivity index is 1.77. The summed E-state index contributed by atoms with van der Waals surface area (Å²) in [7, 11) is 0. The summed E-state index contributed by atoms with van der Waals surface area (Å²) in [6.45, 7) is 8.36. The van der Waals surface area contributed by atoms with Crippen molar-refractivity contribution < 1.29 is 0 Å². The van der Waals surface area contributed by atoms with Gasteiger partial charge in [-0.15, -0.1) is 0 Å². The second-order valence-corrected chi connectivity index (χ2v) is 8.14. The number of imidazole rings is 1. The van der Waals surface area contributed by atoms with Crippen LogP contribution in [0.4, 0.5) is 0 Å². The van der Waals surface area contributed by atoms with Crippen LogP contribution in [0.15, 0.2) is 110 Å². The molecular formula is C31H22N2. The minimum atomic E-state index is 0.899. The average Bonchev–Trinajstić information content (AvgIpc) is 3.27. The molecule has 2 nitrogen and oxygen atoms in total. The van der Waals surface area contributed by atoms with Gasteiger partial charge in [-0.05, 0) is 63.0 Å². The molecule has 0 atom stereocenters. The number of fused-ring (bicyclic) bond motifs is 4. The van der Waals surface area contributed by atoms with E-state index in [1.807, 2.05) is 24.3 Å². The van der Waals surface area contributed by atoms with Crippen molar-refractivity contribution in [2.24, 2.45) is 0 Å². The van der Waals surface area contributed by atoms with Gasteiger partial charge in [-0.1, -0.05) is 92.0 Å². The molecule has 2 heteroatoms. The molecule has 0 radical (unpaired) electrons. The van der Waals surface area contributed by atoms with Crippen molar-refractivity contribution in [1.29, 1.82) is 0 Å². The predicted octanol–water partition coefficient (Wildman–Crippen LogP) is 8.28. The zero-order valence-electron chi connectivity index (χ0n) is 18.2. The minimum absolute atomic E-state index is 0.899. The third-order valence-electron chi connectivity index (χ3n) is 6.34. The molecule has 156 valence electrons. The Kier molecular flexibility index (Phi) is 4.44.